The molecule has 1 amide bonds. The van der Waals surface area contributed by atoms with Gasteiger partial charge in [0, 0.05) is 17.7 Å². The van der Waals surface area contributed by atoms with Crippen LogP contribution in [0.4, 0.5) is 10.1 Å². The number of anilines is 1. The lowest BCUT2D eigenvalue weighted by molar-refractivity contribution is 0.0989. The average molecular weight is 329 g/mol. The highest BCUT2D eigenvalue weighted by molar-refractivity contribution is 6.09. The number of carbonyl (C=O) groups is 1. The van der Waals surface area contributed by atoms with E-state index in [9.17, 15) is 9.18 Å². The Labute approximate surface area is 145 Å². The summed E-state index contributed by atoms with van der Waals surface area (Å²) in [5.41, 5.74) is 4.63. The first-order valence-electron chi connectivity index (χ1n) is 8.16. The number of hydrogen-bond acceptors (Lipinski definition) is 1. The molecule has 0 saturated carbocycles. The van der Waals surface area contributed by atoms with Gasteiger partial charge in [0.15, 0.2) is 0 Å². The zero-order chi connectivity index (χ0) is 17.2. The lowest BCUT2D eigenvalue weighted by Gasteiger charge is -2.29. The number of halogens is 1. The van der Waals surface area contributed by atoms with Crippen LogP contribution in [0.25, 0.3) is 5.57 Å². The summed E-state index contributed by atoms with van der Waals surface area (Å²) in [5.74, 6) is -0.474. The van der Waals surface area contributed by atoms with Crippen molar-refractivity contribution in [2.24, 2.45) is 0 Å². The molecule has 0 atom stereocenters. The van der Waals surface area contributed by atoms with Crippen LogP contribution in [-0.4, -0.2) is 12.5 Å². The summed E-state index contributed by atoms with van der Waals surface area (Å²) < 4.78 is 13.1. The van der Waals surface area contributed by atoms with Gasteiger partial charge in [-0.05, 0) is 41.5 Å². The number of fused-ring (bicyclic) bond motifs is 1. The molecule has 0 radical (unpaired) electrons. The summed E-state index contributed by atoms with van der Waals surface area (Å²) in [5, 5.41) is 0. The van der Waals surface area contributed by atoms with E-state index < -0.39 is 0 Å². The number of benzene rings is 3. The van der Waals surface area contributed by atoms with Crippen LogP contribution in [0.1, 0.15) is 21.5 Å². The molecule has 0 unspecified atom stereocenters. The molecule has 0 aromatic heterocycles. The van der Waals surface area contributed by atoms with Crippen molar-refractivity contribution in [2.45, 2.75) is 0 Å². The smallest absolute Gasteiger partial charge is 0.258 e. The Balaban J connectivity index is 1.75. The first-order chi connectivity index (χ1) is 12.2. The largest absolute Gasteiger partial charge is 0.304 e. The van der Waals surface area contributed by atoms with E-state index in [0.717, 1.165) is 22.4 Å². The minimum absolute atomic E-state index is 0.129. The molecular formula is C22H16FNO. The van der Waals surface area contributed by atoms with Gasteiger partial charge < -0.3 is 4.90 Å². The molecule has 3 aromatic carbocycles. The average Bonchev–Trinajstić information content (AvgIpc) is 2.68. The van der Waals surface area contributed by atoms with Gasteiger partial charge in [0.05, 0.1) is 5.69 Å². The van der Waals surface area contributed by atoms with Gasteiger partial charge in [-0.25, -0.2) is 4.39 Å². The number of rotatable bonds is 2. The standard InChI is InChI=1S/C22H16FNO/c23-18-12-10-17(11-13-18)22(25)24-15-14-19(16-6-2-1-3-7-16)20-8-4-5-9-21(20)24/h1-14H,15H2. The second-order valence-corrected chi connectivity index (χ2v) is 5.92. The van der Waals surface area contributed by atoms with Crippen molar-refractivity contribution < 1.29 is 9.18 Å². The summed E-state index contributed by atoms with van der Waals surface area (Å²) >= 11 is 0. The van der Waals surface area contributed by atoms with E-state index in [1.165, 1.54) is 24.3 Å². The van der Waals surface area contributed by atoms with Crippen LogP contribution in [0.15, 0.2) is 84.9 Å². The fraction of sp³-hybridized carbons (Fsp3) is 0.0455. The molecule has 3 heteroatoms. The number of hydrogen-bond donors (Lipinski definition) is 0. The van der Waals surface area contributed by atoms with Crippen LogP contribution >= 0.6 is 0 Å². The first kappa shape index (κ1) is 15.3. The Kier molecular flexibility index (Phi) is 3.90. The zero-order valence-electron chi connectivity index (χ0n) is 13.5. The Hall–Kier alpha value is -3.20. The number of para-hydroxylation sites is 1. The van der Waals surface area contributed by atoms with Crippen LogP contribution in [-0.2, 0) is 0 Å². The molecule has 122 valence electrons. The molecule has 0 aliphatic carbocycles. The molecule has 1 heterocycles. The second kappa shape index (κ2) is 6.36. The molecule has 2 nitrogen and oxygen atoms in total. The van der Waals surface area contributed by atoms with Crippen LogP contribution in [0.5, 0.6) is 0 Å². The van der Waals surface area contributed by atoms with E-state index in [-0.39, 0.29) is 11.7 Å². The van der Waals surface area contributed by atoms with Crippen molar-refractivity contribution in [1.82, 2.24) is 0 Å². The highest BCUT2D eigenvalue weighted by Gasteiger charge is 2.24. The van der Waals surface area contributed by atoms with Gasteiger partial charge in [-0.1, -0.05) is 54.6 Å². The van der Waals surface area contributed by atoms with E-state index in [4.69, 9.17) is 0 Å². The Morgan fingerprint density at radius 3 is 2.28 bits per heavy atom. The molecule has 0 spiro atoms. The minimum atomic E-state index is -0.346. The van der Waals surface area contributed by atoms with Crippen molar-refractivity contribution in [3.8, 4) is 0 Å². The van der Waals surface area contributed by atoms with E-state index in [2.05, 4.69) is 18.2 Å². The van der Waals surface area contributed by atoms with Crippen molar-refractivity contribution in [2.75, 3.05) is 11.4 Å². The number of carbonyl (C=O) groups excluding carboxylic acids is 1. The predicted molar refractivity (Wildman–Crippen MR) is 98.0 cm³/mol. The molecule has 1 aliphatic heterocycles. The molecular weight excluding hydrogens is 313 g/mol. The van der Waals surface area contributed by atoms with Crippen LogP contribution in [0.3, 0.4) is 0 Å². The van der Waals surface area contributed by atoms with E-state index >= 15 is 0 Å². The molecule has 1 aliphatic rings. The number of nitrogens with zero attached hydrogens (tertiary/aromatic N) is 1. The predicted octanol–water partition coefficient (Wildman–Crippen LogP) is 4.92. The molecule has 0 bridgehead atoms. The van der Waals surface area contributed by atoms with Gasteiger partial charge in [0.2, 0.25) is 0 Å². The first-order valence-corrected chi connectivity index (χ1v) is 8.16. The Morgan fingerprint density at radius 1 is 0.840 bits per heavy atom. The van der Waals surface area contributed by atoms with Gasteiger partial charge in [0.1, 0.15) is 5.82 Å². The summed E-state index contributed by atoms with van der Waals surface area (Å²) in [6, 6.07) is 23.7. The fourth-order valence-corrected chi connectivity index (χ4v) is 3.16. The van der Waals surface area contributed by atoms with E-state index in [1.54, 1.807) is 4.90 Å². The molecule has 0 fully saturated rings. The van der Waals surface area contributed by atoms with Gasteiger partial charge in [-0.3, -0.25) is 4.79 Å². The number of amides is 1. The highest BCUT2D eigenvalue weighted by atomic mass is 19.1. The maximum Gasteiger partial charge on any atom is 0.258 e. The van der Waals surface area contributed by atoms with Crippen LogP contribution < -0.4 is 4.90 Å². The minimum Gasteiger partial charge on any atom is -0.304 e. The fourth-order valence-electron chi connectivity index (χ4n) is 3.16. The molecule has 4 rings (SSSR count). The van der Waals surface area contributed by atoms with Crippen molar-refractivity contribution in [1.29, 1.82) is 0 Å². The van der Waals surface area contributed by atoms with Crippen molar-refractivity contribution in [3.63, 3.8) is 0 Å². The third kappa shape index (κ3) is 2.85. The van der Waals surface area contributed by atoms with Crippen molar-refractivity contribution in [3.05, 3.63) is 107 Å². The highest BCUT2D eigenvalue weighted by Crippen LogP contribution is 2.35. The van der Waals surface area contributed by atoms with Gasteiger partial charge in [-0.2, -0.15) is 0 Å². The quantitative estimate of drug-likeness (QED) is 0.653. The maximum absolute atomic E-state index is 13.1. The normalized spacial score (nSPS) is 13.2. The van der Waals surface area contributed by atoms with Gasteiger partial charge in [-0.15, -0.1) is 0 Å². The third-order valence-electron chi connectivity index (χ3n) is 4.38. The Morgan fingerprint density at radius 2 is 1.52 bits per heavy atom. The van der Waals surface area contributed by atoms with Crippen LogP contribution in [0.2, 0.25) is 0 Å². The Bertz CT molecular complexity index is 945. The summed E-state index contributed by atoms with van der Waals surface area (Å²) in [6.07, 6.45) is 2.07. The molecule has 0 N–H and O–H groups in total. The van der Waals surface area contributed by atoms with Crippen molar-refractivity contribution >= 4 is 17.2 Å². The van der Waals surface area contributed by atoms with Crippen LogP contribution in [0, 0.1) is 5.82 Å². The zero-order valence-corrected chi connectivity index (χ0v) is 13.5. The van der Waals surface area contributed by atoms with E-state index in [0.29, 0.717) is 12.1 Å². The maximum atomic E-state index is 13.1. The van der Waals surface area contributed by atoms with Gasteiger partial charge >= 0.3 is 0 Å². The topological polar surface area (TPSA) is 20.3 Å². The van der Waals surface area contributed by atoms with E-state index in [1.807, 2.05) is 42.5 Å². The summed E-state index contributed by atoms with van der Waals surface area (Å²) in [6.45, 7) is 0.484. The lowest BCUT2D eigenvalue weighted by Crippen LogP contribution is -2.33. The molecule has 0 saturated heterocycles. The third-order valence-corrected chi connectivity index (χ3v) is 4.38. The molecule has 3 aromatic rings. The molecule has 25 heavy (non-hydrogen) atoms. The second-order valence-electron chi connectivity index (χ2n) is 5.92. The monoisotopic (exact) mass is 329 g/mol. The summed E-state index contributed by atoms with van der Waals surface area (Å²) in [4.78, 5) is 14.6. The van der Waals surface area contributed by atoms with Gasteiger partial charge in [0.25, 0.3) is 5.91 Å². The summed E-state index contributed by atoms with van der Waals surface area (Å²) in [7, 11) is 0. The lowest BCUT2D eigenvalue weighted by atomic mass is 9.93. The SMILES string of the molecule is O=C(c1ccc(F)cc1)N1CC=C(c2ccccc2)c2ccccc21.